The second kappa shape index (κ2) is 13.1. The topological polar surface area (TPSA) is 62.3 Å². The third kappa shape index (κ3) is 7.20. The Balaban J connectivity index is 1.13. The second-order valence-corrected chi connectivity index (χ2v) is 11.3. The smallest absolute Gasteiger partial charge is 0.253 e. The zero-order chi connectivity index (χ0) is 27.0. The lowest BCUT2D eigenvalue weighted by Crippen LogP contribution is -2.35. The number of amides is 1. The van der Waals surface area contributed by atoms with Gasteiger partial charge in [-0.15, -0.1) is 0 Å². The van der Waals surface area contributed by atoms with Crippen molar-refractivity contribution in [1.82, 2.24) is 9.88 Å². The largest absolute Gasteiger partial charge is 0.339 e. The van der Waals surface area contributed by atoms with E-state index in [1.807, 2.05) is 47.4 Å². The molecule has 4 aromatic rings. The van der Waals surface area contributed by atoms with E-state index in [1.165, 1.54) is 11.9 Å². The summed E-state index contributed by atoms with van der Waals surface area (Å²) in [6, 6.07) is 24.9. The van der Waals surface area contributed by atoms with E-state index in [1.54, 1.807) is 30.5 Å². The Morgan fingerprint density at radius 3 is 2.49 bits per heavy atom. The quantitative estimate of drug-likeness (QED) is 0.174. The molecule has 0 radical (unpaired) electrons. The van der Waals surface area contributed by atoms with Crippen LogP contribution in [0.1, 0.15) is 59.2 Å². The number of hydrogen-bond acceptors (Lipinski definition) is 5. The number of nitrogens with zero attached hydrogens (tertiary/aromatic N) is 2. The maximum Gasteiger partial charge on any atom is 0.253 e. The molecule has 1 unspecified atom stereocenters. The highest BCUT2D eigenvalue weighted by Crippen LogP contribution is 2.28. The summed E-state index contributed by atoms with van der Waals surface area (Å²) in [4.78, 5) is 33.5. The van der Waals surface area contributed by atoms with Gasteiger partial charge >= 0.3 is 0 Å². The van der Waals surface area contributed by atoms with Crippen molar-refractivity contribution in [3.63, 3.8) is 0 Å². The van der Waals surface area contributed by atoms with E-state index in [2.05, 4.69) is 21.8 Å². The summed E-state index contributed by atoms with van der Waals surface area (Å²) in [6.45, 7) is 1.50. The molecule has 200 valence electrons. The summed E-state index contributed by atoms with van der Waals surface area (Å²) in [5.41, 5.74) is 3.32. The molecule has 1 atom stereocenters. The van der Waals surface area contributed by atoms with Gasteiger partial charge in [-0.3, -0.25) is 14.6 Å². The first-order valence-corrected chi connectivity index (χ1v) is 14.7. The van der Waals surface area contributed by atoms with Crippen LogP contribution in [-0.2, 0) is 0 Å². The van der Waals surface area contributed by atoms with Crippen LogP contribution < -0.4 is 4.72 Å². The fraction of sp³-hybridized carbons (Fsp3) is 0.281. The summed E-state index contributed by atoms with van der Waals surface area (Å²) >= 11 is 7.46. The minimum Gasteiger partial charge on any atom is -0.339 e. The molecule has 2 heterocycles. The number of benzene rings is 3. The highest BCUT2D eigenvalue weighted by atomic mass is 35.5. The van der Waals surface area contributed by atoms with Gasteiger partial charge in [0.05, 0.1) is 10.4 Å². The number of carbonyl (C=O) groups excluding carboxylic acids is 2. The van der Waals surface area contributed by atoms with Gasteiger partial charge in [-0.25, -0.2) is 0 Å². The number of fused-ring (bicyclic) bond motifs is 1. The van der Waals surface area contributed by atoms with Crippen molar-refractivity contribution in [2.75, 3.05) is 17.8 Å². The van der Waals surface area contributed by atoms with E-state index in [9.17, 15) is 9.59 Å². The Kier molecular flexibility index (Phi) is 9.17. The van der Waals surface area contributed by atoms with Crippen LogP contribution in [-0.4, -0.2) is 34.7 Å². The van der Waals surface area contributed by atoms with Gasteiger partial charge < -0.3 is 9.62 Å². The summed E-state index contributed by atoms with van der Waals surface area (Å²) in [6.07, 6.45) is 7.29. The number of pyridine rings is 1. The Morgan fingerprint density at radius 2 is 1.67 bits per heavy atom. The molecule has 0 aliphatic carbocycles. The van der Waals surface area contributed by atoms with Gasteiger partial charge in [0.2, 0.25) is 0 Å². The molecule has 39 heavy (non-hydrogen) atoms. The molecule has 0 spiro atoms. The van der Waals surface area contributed by atoms with Gasteiger partial charge in [0, 0.05) is 52.9 Å². The number of ketones is 1. The standard InChI is InChI=1S/C32H32ClN3O2S/c33-27-14-10-24(11-15-27)29(37)18-9-23-5-1-2-21-36(22-19-23)32(38)26-12-16-28(17-13-26)35-39-30-8-3-6-25-7-4-20-34-31(25)30/h3-4,6-8,10-17,20,23,35H,1-2,5,9,18-19,21-22H2. The number of para-hydroxylation sites is 1. The molecule has 1 amide bonds. The molecule has 1 aliphatic heterocycles. The Labute approximate surface area is 239 Å². The van der Waals surface area contributed by atoms with Crippen molar-refractivity contribution in [1.29, 1.82) is 0 Å². The van der Waals surface area contributed by atoms with E-state index in [-0.39, 0.29) is 11.7 Å². The predicted molar refractivity (Wildman–Crippen MR) is 161 cm³/mol. The minimum absolute atomic E-state index is 0.0744. The Bertz CT molecular complexity index is 1420. The monoisotopic (exact) mass is 557 g/mol. The summed E-state index contributed by atoms with van der Waals surface area (Å²) in [5.74, 6) is 0.680. The number of Topliss-reactive ketones (excluding diaryl/α,β-unsaturated/α-hetero) is 1. The van der Waals surface area contributed by atoms with Gasteiger partial charge in [0.1, 0.15) is 0 Å². The van der Waals surface area contributed by atoms with Gasteiger partial charge in [0.15, 0.2) is 5.78 Å². The van der Waals surface area contributed by atoms with Gasteiger partial charge in [0.25, 0.3) is 5.91 Å². The van der Waals surface area contributed by atoms with Crippen molar-refractivity contribution in [3.05, 3.63) is 101 Å². The summed E-state index contributed by atoms with van der Waals surface area (Å²) in [7, 11) is 0. The van der Waals surface area contributed by atoms with Gasteiger partial charge in [-0.1, -0.05) is 42.6 Å². The van der Waals surface area contributed by atoms with Crippen molar-refractivity contribution < 1.29 is 9.59 Å². The third-order valence-electron chi connectivity index (χ3n) is 7.34. The molecule has 5 rings (SSSR count). The molecule has 1 aromatic heterocycles. The maximum atomic E-state index is 13.3. The van der Waals surface area contributed by atoms with Crippen LogP contribution in [0.2, 0.25) is 5.02 Å². The summed E-state index contributed by atoms with van der Waals surface area (Å²) < 4.78 is 3.38. The number of anilines is 1. The highest BCUT2D eigenvalue weighted by Gasteiger charge is 2.21. The van der Waals surface area contributed by atoms with Crippen LogP contribution in [0.3, 0.4) is 0 Å². The van der Waals surface area contributed by atoms with E-state index >= 15 is 0 Å². The van der Waals surface area contributed by atoms with E-state index in [0.717, 1.165) is 66.7 Å². The zero-order valence-corrected chi connectivity index (χ0v) is 23.4. The Morgan fingerprint density at radius 1 is 0.897 bits per heavy atom. The van der Waals surface area contributed by atoms with Crippen molar-refractivity contribution in [2.45, 2.75) is 43.4 Å². The average molecular weight is 558 g/mol. The molecule has 1 fully saturated rings. The van der Waals surface area contributed by atoms with Crippen LogP contribution in [0.5, 0.6) is 0 Å². The van der Waals surface area contributed by atoms with E-state index in [0.29, 0.717) is 28.5 Å². The molecule has 0 bridgehead atoms. The van der Waals surface area contributed by atoms with Gasteiger partial charge in [-0.2, -0.15) is 0 Å². The summed E-state index contributed by atoms with van der Waals surface area (Å²) in [5, 5.41) is 1.74. The molecule has 0 saturated carbocycles. The number of rotatable bonds is 8. The fourth-order valence-electron chi connectivity index (χ4n) is 5.07. The molecular formula is C32H32ClN3O2S. The molecule has 1 saturated heterocycles. The molecular weight excluding hydrogens is 526 g/mol. The first-order valence-electron chi connectivity index (χ1n) is 13.5. The zero-order valence-electron chi connectivity index (χ0n) is 21.8. The SMILES string of the molecule is O=C(CCC1CCCCN(C(=O)c2ccc(NSc3cccc4cccnc34)cc2)CC1)c1ccc(Cl)cc1. The molecule has 1 aliphatic rings. The number of aromatic nitrogens is 1. The van der Waals surface area contributed by atoms with E-state index < -0.39 is 0 Å². The maximum absolute atomic E-state index is 13.3. The predicted octanol–water partition coefficient (Wildman–Crippen LogP) is 8.30. The fourth-order valence-corrected chi connectivity index (χ4v) is 5.98. The number of nitrogens with one attached hydrogen (secondary N) is 1. The van der Waals surface area contributed by atoms with Gasteiger partial charge in [-0.05, 0) is 97.8 Å². The highest BCUT2D eigenvalue weighted by molar-refractivity contribution is 8.00. The van der Waals surface area contributed by atoms with Crippen molar-refractivity contribution >= 4 is 51.8 Å². The average Bonchev–Trinajstić information content (AvgIpc) is 2.96. The number of likely N-dealkylation sites (tertiary alicyclic amines) is 1. The minimum atomic E-state index is 0.0744. The van der Waals surface area contributed by atoms with Crippen LogP contribution in [0.25, 0.3) is 10.9 Å². The van der Waals surface area contributed by atoms with Crippen LogP contribution in [0.15, 0.2) is 90.0 Å². The normalized spacial score (nSPS) is 15.9. The number of carbonyl (C=O) groups is 2. The van der Waals surface area contributed by atoms with E-state index in [4.69, 9.17) is 11.6 Å². The third-order valence-corrected chi connectivity index (χ3v) is 8.48. The molecule has 3 aromatic carbocycles. The number of halogens is 1. The Hall–Kier alpha value is -3.35. The lowest BCUT2D eigenvalue weighted by Gasteiger charge is -2.28. The first-order chi connectivity index (χ1) is 19.1. The molecule has 7 heteroatoms. The van der Waals surface area contributed by atoms with Crippen LogP contribution >= 0.6 is 23.5 Å². The molecule has 5 nitrogen and oxygen atoms in total. The lowest BCUT2D eigenvalue weighted by atomic mass is 9.90. The van der Waals surface area contributed by atoms with Crippen molar-refractivity contribution in [3.8, 4) is 0 Å². The van der Waals surface area contributed by atoms with Crippen LogP contribution in [0.4, 0.5) is 5.69 Å². The first kappa shape index (κ1) is 27.2. The molecule has 1 N–H and O–H groups in total. The number of hydrogen-bond donors (Lipinski definition) is 1. The van der Waals surface area contributed by atoms with Crippen molar-refractivity contribution in [2.24, 2.45) is 5.92 Å². The lowest BCUT2D eigenvalue weighted by molar-refractivity contribution is 0.0724. The van der Waals surface area contributed by atoms with Crippen LogP contribution in [0, 0.1) is 5.92 Å². The second-order valence-electron chi connectivity index (χ2n) is 10.0.